The Morgan fingerprint density at radius 3 is 2.82 bits per heavy atom. The average Bonchev–Trinajstić information content (AvgIpc) is 2.81. The van der Waals surface area contributed by atoms with E-state index in [1.165, 1.54) is 17.7 Å². The van der Waals surface area contributed by atoms with Crippen LogP contribution in [0.4, 0.5) is 11.5 Å². The predicted molar refractivity (Wildman–Crippen MR) is 78.8 cm³/mol. The smallest absolute Gasteiger partial charge is 0.286 e. The number of hydrogen-bond donors (Lipinski definition) is 3. The Bertz CT molecular complexity index is 710. The van der Waals surface area contributed by atoms with Crippen molar-refractivity contribution >= 4 is 23.1 Å². The van der Waals surface area contributed by atoms with Gasteiger partial charge in [-0.3, -0.25) is 24.5 Å². The molecule has 0 spiro atoms. The number of nitro groups is 1. The fraction of sp³-hybridized carbons (Fsp3) is 0.385. The second kappa shape index (κ2) is 6.39. The van der Waals surface area contributed by atoms with Crippen LogP contribution in [0.15, 0.2) is 18.3 Å². The van der Waals surface area contributed by atoms with Crippen LogP contribution in [0.5, 0.6) is 0 Å². The van der Waals surface area contributed by atoms with Crippen molar-refractivity contribution in [1.29, 1.82) is 0 Å². The molecule has 0 saturated heterocycles. The zero-order valence-corrected chi connectivity index (χ0v) is 12.2. The summed E-state index contributed by atoms with van der Waals surface area (Å²) in [7, 11) is 0. The minimum Gasteiger partial charge on any atom is -0.359 e. The number of fused-ring (bicyclic) bond motifs is 1. The first-order valence-corrected chi connectivity index (χ1v) is 6.74. The standard InChI is InChI=1S/C13H17N5O4/c1-8(2)5-10-13(14-6-12(19)16-20)15-11-4-3-9(18(21)22)7-17(10)11/h3-4,7-8,14,20H,5-6H2,1-2H3,(H,16,19). The third-order valence-electron chi connectivity index (χ3n) is 3.06. The summed E-state index contributed by atoms with van der Waals surface area (Å²) >= 11 is 0. The molecule has 3 N–H and O–H groups in total. The van der Waals surface area contributed by atoms with E-state index in [0.717, 1.165) is 5.69 Å². The topological polar surface area (TPSA) is 122 Å². The van der Waals surface area contributed by atoms with Crippen LogP contribution >= 0.6 is 0 Å². The minimum atomic E-state index is -0.599. The normalized spacial score (nSPS) is 10.9. The maximum Gasteiger partial charge on any atom is 0.286 e. The van der Waals surface area contributed by atoms with Crippen LogP contribution in [0.1, 0.15) is 19.5 Å². The summed E-state index contributed by atoms with van der Waals surface area (Å²) in [6, 6.07) is 2.94. The molecule has 0 radical (unpaired) electrons. The van der Waals surface area contributed by atoms with Crippen molar-refractivity contribution in [2.24, 2.45) is 5.92 Å². The van der Waals surface area contributed by atoms with Crippen molar-refractivity contribution in [2.45, 2.75) is 20.3 Å². The highest BCUT2D eigenvalue weighted by Gasteiger charge is 2.17. The van der Waals surface area contributed by atoms with Crippen molar-refractivity contribution in [3.8, 4) is 0 Å². The van der Waals surface area contributed by atoms with E-state index in [0.29, 0.717) is 23.8 Å². The second-order valence-electron chi connectivity index (χ2n) is 5.27. The monoisotopic (exact) mass is 307 g/mol. The molecule has 118 valence electrons. The molecule has 0 aliphatic rings. The van der Waals surface area contributed by atoms with Gasteiger partial charge < -0.3 is 5.32 Å². The van der Waals surface area contributed by atoms with Crippen molar-refractivity contribution in [3.05, 3.63) is 34.1 Å². The number of carbonyl (C=O) groups is 1. The van der Waals surface area contributed by atoms with Crippen LogP contribution < -0.4 is 10.8 Å². The number of nitrogens with one attached hydrogen (secondary N) is 2. The molecule has 0 saturated carbocycles. The van der Waals surface area contributed by atoms with Gasteiger partial charge in [-0.1, -0.05) is 13.8 Å². The summed E-state index contributed by atoms with van der Waals surface area (Å²) in [5, 5.41) is 22.3. The van der Waals surface area contributed by atoms with Crippen molar-refractivity contribution in [3.63, 3.8) is 0 Å². The Balaban J connectivity index is 2.45. The molecular formula is C13H17N5O4. The SMILES string of the molecule is CC(C)Cc1c(NCC(=O)NO)nc2ccc([N+](=O)[O-])cn12. The number of hydroxylamine groups is 1. The predicted octanol–water partition coefficient (Wildman–Crippen LogP) is 1.36. The maximum absolute atomic E-state index is 11.1. The Morgan fingerprint density at radius 1 is 1.50 bits per heavy atom. The summed E-state index contributed by atoms with van der Waals surface area (Å²) in [5.74, 6) is 0.169. The molecule has 0 bridgehead atoms. The second-order valence-corrected chi connectivity index (χ2v) is 5.27. The molecule has 0 aromatic carbocycles. The lowest BCUT2D eigenvalue weighted by Gasteiger charge is -2.08. The molecule has 0 atom stereocenters. The van der Waals surface area contributed by atoms with Crippen molar-refractivity contribution in [1.82, 2.24) is 14.9 Å². The number of aromatic nitrogens is 2. The van der Waals surface area contributed by atoms with Gasteiger partial charge in [0.2, 0.25) is 0 Å². The molecule has 22 heavy (non-hydrogen) atoms. The molecule has 0 aliphatic carbocycles. The van der Waals surface area contributed by atoms with Gasteiger partial charge in [-0.15, -0.1) is 0 Å². The van der Waals surface area contributed by atoms with Gasteiger partial charge in [0.25, 0.3) is 11.6 Å². The van der Waals surface area contributed by atoms with Crippen LogP contribution in [-0.4, -0.2) is 32.0 Å². The molecule has 1 amide bonds. The first kappa shape index (κ1) is 15.7. The summed E-state index contributed by atoms with van der Waals surface area (Å²) in [5.41, 5.74) is 2.79. The molecule has 2 aromatic rings. The number of imidazole rings is 1. The van der Waals surface area contributed by atoms with Crippen LogP contribution in [0.3, 0.4) is 0 Å². The average molecular weight is 307 g/mol. The zero-order valence-electron chi connectivity index (χ0n) is 12.2. The van der Waals surface area contributed by atoms with E-state index in [9.17, 15) is 14.9 Å². The number of anilines is 1. The summed E-state index contributed by atoms with van der Waals surface area (Å²) in [6.07, 6.45) is 2.04. The first-order chi connectivity index (χ1) is 10.4. The summed E-state index contributed by atoms with van der Waals surface area (Å²) < 4.78 is 1.65. The van der Waals surface area contributed by atoms with Crippen molar-refractivity contribution in [2.75, 3.05) is 11.9 Å². The van der Waals surface area contributed by atoms with Crippen molar-refractivity contribution < 1.29 is 14.9 Å². The molecule has 0 aliphatic heterocycles. The van der Waals surface area contributed by atoms with Gasteiger partial charge in [0.15, 0.2) is 0 Å². The van der Waals surface area contributed by atoms with Gasteiger partial charge in [-0.25, -0.2) is 10.5 Å². The van der Waals surface area contributed by atoms with Crippen LogP contribution in [0.2, 0.25) is 0 Å². The number of rotatable bonds is 6. The van der Waals surface area contributed by atoms with E-state index in [1.54, 1.807) is 10.5 Å². The van der Waals surface area contributed by atoms with E-state index in [-0.39, 0.29) is 12.2 Å². The lowest BCUT2D eigenvalue weighted by atomic mass is 10.1. The van der Waals surface area contributed by atoms with E-state index >= 15 is 0 Å². The number of nitrogens with zero attached hydrogens (tertiary/aromatic N) is 3. The molecule has 2 heterocycles. The van der Waals surface area contributed by atoms with Gasteiger partial charge >= 0.3 is 0 Å². The van der Waals surface area contributed by atoms with E-state index in [1.807, 2.05) is 13.8 Å². The highest BCUT2D eigenvalue weighted by atomic mass is 16.6. The molecule has 9 heteroatoms. The Kier molecular flexibility index (Phi) is 4.56. The zero-order chi connectivity index (χ0) is 16.3. The quantitative estimate of drug-likeness (QED) is 0.421. The third kappa shape index (κ3) is 3.31. The third-order valence-corrected chi connectivity index (χ3v) is 3.06. The van der Waals surface area contributed by atoms with Gasteiger partial charge in [0.1, 0.15) is 11.5 Å². The molecule has 2 aromatic heterocycles. The number of amides is 1. The van der Waals surface area contributed by atoms with Gasteiger partial charge in [0.05, 0.1) is 23.4 Å². The molecule has 9 nitrogen and oxygen atoms in total. The lowest BCUT2D eigenvalue weighted by molar-refractivity contribution is -0.385. The van der Waals surface area contributed by atoms with Crippen LogP contribution in [-0.2, 0) is 11.2 Å². The van der Waals surface area contributed by atoms with Crippen LogP contribution in [0, 0.1) is 16.0 Å². The minimum absolute atomic E-state index is 0.0328. The number of hydrogen-bond acceptors (Lipinski definition) is 6. The Hall–Kier alpha value is -2.68. The number of carbonyl (C=O) groups excluding carboxylic acids is 1. The van der Waals surface area contributed by atoms with E-state index in [2.05, 4.69) is 10.3 Å². The molecule has 2 rings (SSSR count). The highest BCUT2D eigenvalue weighted by Crippen LogP contribution is 2.23. The molecule has 0 unspecified atom stereocenters. The van der Waals surface area contributed by atoms with Gasteiger partial charge in [0, 0.05) is 6.07 Å². The Morgan fingerprint density at radius 2 is 2.23 bits per heavy atom. The highest BCUT2D eigenvalue weighted by molar-refractivity contribution is 5.79. The van der Waals surface area contributed by atoms with Gasteiger partial charge in [-0.05, 0) is 18.4 Å². The van der Waals surface area contributed by atoms with E-state index < -0.39 is 10.8 Å². The molecular weight excluding hydrogens is 290 g/mol. The maximum atomic E-state index is 11.1. The molecule has 0 fully saturated rings. The van der Waals surface area contributed by atoms with E-state index in [4.69, 9.17) is 5.21 Å². The Labute approximate surface area is 126 Å². The summed E-state index contributed by atoms with van der Waals surface area (Å²) in [4.78, 5) is 25.9. The first-order valence-electron chi connectivity index (χ1n) is 6.74. The summed E-state index contributed by atoms with van der Waals surface area (Å²) in [6.45, 7) is 3.88. The largest absolute Gasteiger partial charge is 0.359 e. The number of pyridine rings is 1. The lowest BCUT2D eigenvalue weighted by Crippen LogP contribution is -2.27. The van der Waals surface area contributed by atoms with Crippen LogP contribution in [0.25, 0.3) is 5.65 Å². The fourth-order valence-electron chi connectivity index (χ4n) is 2.12. The fourth-order valence-corrected chi connectivity index (χ4v) is 2.12. The van der Waals surface area contributed by atoms with Gasteiger partial charge in [-0.2, -0.15) is 0 Å².